The molecule has 0 radical (unpaired) electrons. The summed E-state index contributed by atoms with van der Waals surface area (Å²) in [5, 5.41) is 7.60. The van der Waals surface area contributed by atoms with Crippen LogP contribution in [0.15, 0.2) is 48.7 Å². The molecule has 33 heavy (non-hydrogen) atoms. The highest BCUT2D eigenvalue weighted by atomic mass is 16.5. The molecule has 7 heteroatoms. The number of rotatable bonds is 7. The number of carbonyl (C=O) groups is 1. The Morgan fingerprint density at radius 2 is 2.15 bits per heavy atom. The van der Waals surface area contributed by atoms with Crippen LogP contribution in [-0.2, 0) is 22.5 Å². The molecule has 1 aromatic heterocycles. The molecule has 5 rings (SSSR count). The van der Waals surface area contributed by atoms with Gasteiger partial charge in [-0.3, -0.25) is 9.78 Å². The fourth-order valence-corrected chi connectivity index (χ4v) is 4.53. The molecule has 0 unspecified atom stereocenters. The van der Waals surface area contributed by atoms with E-state index >= 15 is 0 Å². The molecule has 3 heterocycles. The summed E-state index contributed by atoms with van der Waals surface area (Å²) in [4.78, 5) is 16.0. The lowest BCUT2D eigenvalue weighted by Crippen LogP contribution is -2.39. The molecule has 172 valence electrons. The molecule has 0 bridgehead atoms. The van der Waals surface area contributed by atoms with Crippen molar-refractivity contribution in [3.63, 3.8) is 0 Å². The third-order valence-electron chi connectivity index (χ3n) is 6.40. The zero-order valence-electron chi connectivity index (χ0n) is 18.8. The summed E-state index contributed by atoms with van der Waals surface area (Å²) in [5.74, 6) is 1.40. The van der Waals surface area contributed by atoms with E-state index in [1.165, 1.54) is 5.56 Å². The summed E-state index contributed by atoms with van der Waals surface area (Å²) < 4.78 is 17.0. The van der Waals surface area contributed by atoms with Crippen LogP contribution in [0.2, 0.25) is 0 Å². The number of amides is 1. The Morgan fingerprint density at radius 1 is 1.21 bits per heavy atom. The number of ether oxygens (including phenoxy) is 3. The highest BCUT2D eigenvalue weighted by Gasteiger charge is 2.22. The molecule has 2 aliphatic heterocycles. The van der Waals surface area contributed by atoms with Crippen molar-refractivity contribution in [2.75, 3.05) is 25.6 Å². The second-order valence-corrected chi connectivity index (χ2v) is 8.68. The summed E-state index contributed by atoms with van der Waals surface area (Å²) in [6, 6.07) is 14.6. The summed E-state index contributed by atoms with van der Waals surface area (Å²) >= 11 is 0. The van der Waals surface area contributed by atoms with Crippen molar-refractivity contribution < 1.29 is 19.0 Å². The van der Waals surface area contributed by atoms with Crippen LogP contribution in [0.5, 0.6) is 11.5 Å². The summed E-state index contributed by atoms with van der Waals surface area (Å²) in [6.45, 7) is 1.52. The monoisotopic (exact) mass is 447 g/mol. The van der Waals surface area contributed by atoms with E-state index in [4.69, 9.17) is 14.2 Å². The van der Waals surface area contributed by atoms with Crippen molar-refractivity contribution in [3.05, 3.63) is 59.8 Å². The normalized spacial score (nSPS) is 20.1. The summed E-state index contributed by atoms with van der Waals surface area (Å²) in [5.41, 5.74) is 4.13. The first kappa shape index (κ1) is 21.7. The SMILES string of the molecule is COc1cnc2cccc(CC[C@H]3CC[C@@H](NCc4ccc5c(c4)NC(=O)CO5)CO3)c2c1. The van der Waals surface area contributed by atoms with E-state index in [1.807, 2.05) is 24.3 Å². The Morgan fingerprint density at radius 3 is 3.00 bits per heavy atom. The van der Waals surface area contributed by atoms with Crippen LogP contribution in [0.25, 0.3) is 10.9 Å². The van der Waals surface area contributed by atoms with Gasteiger partial charge in [0.15, 0.2) is 6.61 Å². The van der Waals surface area contributed by atoms with E-state index in [0.717, 1.165) is 65.9 Å². The summed E-state index contributed by atoms with van der Waals surface area (Å²) in [6.07, 6.45) is 6.11. The molecule has 0 aliphatic carbocycles. The maximum atomic E-state index is 11.5. The average Bonchev–Trinajstić information content (AvgIpc) is 2.86. The number of aryl methyl sites for hydroxylation is 1. The molecule has 1 amide bonds. The van der Waals surface area contributed by atoms with Crippen LogP contribution in [0.3, 0.4) is 0 Å². The minimum absolute atomic E-state index is 0.0801. The molecule has 0 saturated carbocycles. The van der Waals surface area contributed by atoms with Gasteiger partial charge < -0.3 is 24.8 Å². The van der Waals surface area contributed by atoms with Crippen molar-refractivity contribution in [2.45, 2.75) is 44.4 Å². The molecule has 3 aromatic rings. The van der Waals surface area contributed by atoms with Crippen molar-refractivity contribution in [2.24, 2.45) is 0 Å². The lowest BCUT2D eigenvalue weighted by atomic mass is 9.97. The van der Waals surface area contributed by atoms with Crippen molar-refractivity contribution in [1.29, 1.82) is 0 Å². The standard InChI is InChI=1S/C26H29N3O4/c1-31-21-12-22-18(3-2-4-23(22)28-14-21)6-8-20-9-7-19(15-32-20)27-13-17-5-10-25-24(11-17)29-26(30)16-33-25/h2-5,10-12,14,19-20,27H,6-9,13,15-16H2,1H3,(H,29,30)/t19-,20+/m1/s1. The topological polar surface area (TPSA) is 81.7 Å². The fourth-order valence-electron chi connectivity index (χ4n) is 4.53. The Balaban J connectivity index is 1.11. The third kappa shape index (κ3) is 5.10. The summed E-state index contributed by atoms with van der Waals surface area (Å²) in [7, 11) is 1.67. The van der Waals surface area contributed by atoms with E-state index in [-0.39, 0.29) is 18.6 Å². The number of pyridine rings is 1. The van der Waals surface area contributed by atoms with E-state index in [1.54, 1.807) is 13.3 Å². The van der Waals surface area contributed by atoms with E-state index < -0.39 is 0 Å². The van der Waals surface area contributed by atoms with E-state index in [9.17, 15) is 4.79 Å². The molecule has 2 aliphatic rings. The first-order valence-electron chi connectivity index (χ1n) is 11.5. The number of nitrogens with one attached hydrogen (secondary N) is 2. The molecular weight excluding hydrogens is 418 g/mol. The van der Waals surface area contributed by atoms with Crippen molar-refractivity contribution in [1.82, 2.24) is 10.3 Å². The predicted octanol–water partition coefficient (Wildman–Crippen LogP) is 3.84. The Labute approximate surface area is 193 Å². The molecule has 7 nitrogen and oxygen atoms in total. The largest absolute Gasteiger partial charge is 0.495 e. The van der Waals surface area contributed by atoms with Gasteiger partial charge in [0.05, 0.1) is 37.2 Å². The van der Waals surface area contributed by atoms with Crippen LogP contribution >= 0.6 is 0 Å². The average molecular weight is 448 g/mol. The fraction of sp³-hybridized carbons (Fsp3) is 0.385. The van der Waals surface area contributed by atoms with Gasteiger partial charge in [-0.1, -0.05) is 18.2 Å². The van der Waals surface area contributed by atoms with Gasteiger partial charge in [0.1, 0.15) is 11.5 Å². The van der Waals surface area contributed by atoms with Crippen LogP contribution < -0.4 is 20.1 Å². The van der Waals surface area contributed by atoms with Crippen LogP contribution in [-0.4, -0.2) is 43.4 Å². The van der Waals surface area contributed by atoms with Gasteiger partial charge in [0.25, 0.3) is 5.91 Å². The second-order valence-electron chi connectivity index (χ2n) is 8.68. The Kier molecular flexibility index (Phi) is 6.41. The zero-order chi connectivity index (χ0) is 22.6. The number of fused-ring (bicyclic) bond motifs is 2. The number of hydrogen-bond acceptors (Lipinski definition) is 6. The van der Waals surface area contributed by atoms with Gasteiger partial charge in [0, 0.05) is 18.0 Å². The van der Waals surface area contributed by atoms with Crippen molar-refractivity contribution >= 4 is 22.5 Å². The quantitative estimate of drug-likeness (QED) is 0.573. The van der Waals surface area contributed by atoms with Gasteiger partial charge >= 0.3 is 0 Å². The first-order valence-corrected chi connectivity index (χ1v) is 11.5. The van der Waals surface area contributed by atoms with Gasteiger partial charge in [-0.05, 0) is 61.1 Å². The highest BCUT2D eigenvalue weighted by molar-refractivity contribution is 5.95. The minimum Gasteiger partial charge on any atom is -0.495 e. The predicted molar refractivity (Wildman–Crippen MR) is 127 cm³/mol. The first-order chi connectivity index (χ1) is 16.2. The van der Waals surface area contributed by atoms with Gasteiger partial charge in [-0.2, -0.15) is 0 Å². The minimum atomic E-state index is -0.113. The number of anilines is 1. The molecule has 1 fully saturated rings. The van der Waals surface area contributed by atoms with Crippen LogP contribution in [0.1, 0.15) is 30.4 Å². The Bertz CT molecular complexity index is 1140. The molecule has 2 atom stereocenters. The van der Waals surface area contributed by atoms with Gasteiger partial charge in [-0.25, -0.2) is 0 Å². The number of hydrogen-bond donors (Lipinski definition) is 2. The number of carbonyl (C=O) groups excluding carboxylic acids is 1. The highest BCUT2D eigenvalue weighted by Crippen LogP contribution is 2.29. The number of aromatic nitrogens is 1. The lowest BCUT2D eigenvalue weighted by Gasteiger charge is -2.30. The maximum absolute atomic E-state index is 11.5. The van der Waals surface area contributed by atoms with E-state index in [2.05, 4.69) is 33.8 Å². The van der Waals surface area contributed by atoms with Crippen LogP contribution in [0.4, 0.5) is 5.69 Å². The Hall–Kier alpha value is -3.16. The van der Waals surface area contributed by atoms with Gasteiger partial charge in [0.2, 0.25) is 0 Å². The lowest BCUT2D eigenvalue weighted by molar-refractivity contribution is -0.118. The molecule has 0 spiro atoms. The molecule has 1 saturated heterocycles. The zero-order valence-corrected chi connectivity index (χ0v) is 18.8. The van der Waals surface area contributed by atoms with Crippen LogP contribution in [0, 0.1) is 0 Å². The molecular formula is C26H29N3O4. The number of nitrogens with zero attached hydrogens (tertiary/aromatic N) is 1. The molecule has 2 aromatic carbocycles. The van der Waals surface area contributed by atoms with Gasteiger partial charge in [-0.15, -0.1) is 0 Å². The maximum Gasteiger partial charge on any atom is 0.262 e. The number of benzene rings is 2. The third-order valence-corrected chi connectivity index (χ3v) is 6.40. The molecule has 2 N–H and O–H groups in total. The second kappa shape index (κ2) is 9.77. The van der Waals surface area contributed by atoms with E-state index in [0.29, 0.717) is 12.6 Å². The number of methoxy groups -OCH3 is 1. The smallest absolute Gasteiger partial charge is 0.262 e. The van der Waals surface area contributed by atoms with Crippen molar-refractivity contribution in [3.8, 4) is 11.5 Å².